The summed E-state index contributed by atoms with van der Waals surface area (Å²) >= 11 is 0. The molecule has 0 aromatic heterocycles. The molecule has 0 radical (unpaired) electrons. The molecule has 1 nitrogen and oxygen atoms in total. The molecule has 0 aromatic carbocycles. The Morgan fingerprint density at radius 1 is 1.44 bits per heavy atom. The van der Waals surface area contributed by atoms with Crippen LogP contribution < -0.4 is 0 Å². The van der Waals surface area contributed by atoms with Crippen LogP contribution in [0.1, 0.15) is 26.7 Å². The molecule has 0 amide bonds. The van der Waals surface area contributed by atoms with Crippen LogP contribution in [-0.2, 0) is 4.79 Å². The highest BCUT2D eigenvalue weighted by Crippen LogP contribution is 1.97. The first-order chi connectivity index (χ1) is 4.22. The van der Waals surface area contributed by atoms with Gasteiger partial charge in [0, 0.05) is 0 Å². The highest BCUT2D eigenvalue weighted by atomic mass is 16.1. The van der Waals surface area contributed by atoms with Gasteiger partial charge in [0.15, 0.2) is 0 Å². The molecule has 0 fully saturated rings. The van der Waals surface area contributed by atoms with Gasteiger partial charge < -0.3 is 4.79 Å². The fourth-order valence-corrected chi connectivity index (χ4v) is 0.720. The second kappa shape index (κ2) is 4.60. The van der Waals surface area contributed by atoms with Crippen LogP contribution in [0.4, 0.5) is 0 Å². The molecule has 0 saturated carbocycles. The minimum Gasteiger partial charge on any atom is -0.311 e. The van der Waals surface area contributed by atoms with Crippen molar-refractivity contribution in [2.75, 3.05) is 0 Å². The Kier molecular flexibility index (Phi) is 4.46. The van der Waals surface area contributed by atoms with E-state index in [0.29, 0.717) is 5.68 Å². The summed E-state index contributed by atoms with van der Waals surface area (Å²) < 4.78 is 0. The largest absolute Gasteiger partial charge is 0.311 e. The summed E-state index contributed by atoms with van der Waals surface area (Å²) in [6.45, 7) is 6.38. The fourth-order valence-electron chi connectivity index (χ4n) is 0.720. The van der Waals surface area contributed by atoms with Gasteiger partial charge in [-0.25, -0.2) is 0 Å². The first-order valence-corrected chi connectivity index (χ1v) is 3.75. The Bertz CT molecular complexity index is 90.9. The molecular formula is C7H15BO. The summed E-state index contributed by atoms with van der Waals surface area (Å²) in [5, 5.41) is 0. The van der Waals surface area contributed by atoms with Crippen molar-refractivity contribution in [2.24, 2.45) is 0 Å². The van der Waals surface area contributed by atoms with Crippen molar-refractivity contribution in [3.8, 4) is 0 Å². The van der Waals surface area contributed by atoms with Crippen LogP contribution in [0.3, 0.4) is 0 Å². The van der Waals surface area contributed by atoms with Gasteiger partial charge in [0.25, 0.3) is 0 Å². The number of carbonyl (C=O) groups is 1. The lowest BCUT2D eigenvalue weighted by atomic mass is 9.46. The minimum atomic E-state index is 0.282. The summed E-state index contributed by atoms with van der Waals surface area (Å²) in [4.78, 5) is 11.0. The zero-order valence-electron chi connectivity index (χ0n) is 6.61. The number of hydrogen-bond acceptors (Lipinski definition) is 1. The van der Waals surface area contributed by atoms with Crippen LogP contribution in [0.2, 0.25) is 13.1 Å². The monoisotopic (exact) mass is 126 g/mol. The summed E-state index contributed by atoms with van der Waals surface area (Å²) in [6, 6.07) is 0. The van der Waals surface area contributed by atoms with E-state index in [1.165, 1.54) is 0 Å². The zero-order valence-corrected chi connectivity index (χ0v) is 6.61. The maximum atomic E-state index is 11.0. The molecule has 0 N–H and O–H groups in total. The Balaban J connectivity index is 3.46. The van der Waals surface area contributed by atoms with Crippen LogP contribution in [0, 0.1) is 0 Å². The van der Waals surface area contributed by atoms with Crippen molar-refractivity contribution in [1.29, 1.82) is 0 Å². The SMILES string of the molecule is CCCC(=O)B(C)CC. The van der Waals surface area contributed by atoms with Gasteiger partial charge >= 0.3 is 0 Å². The van der Waals surface area contributed by atoms with E-state index in [0.717, 1.165) is 19.2 Å². The van der Waals surface area contributed by atoms with Crippen molar-refractivity contribution in [1.82, 2.24) is 0 Å². The Hall–Kier alpha value is -0.265. The second-order valence-electron chi connectivity index (χ2n) is 2.53. The zero-order chi connectivity index (χ0) is 7.28. The molecule has 0 heterocycles. The van der Waals surface area contributed by atoms with E-state index in [-0.39, 0.29) is 6.71 Å². The van der Waals surface area contributed by atoms with E-state index in [1.807, 2.05) is 13.7 Å². The van der Waals surface area contributed by atoms with E-state index >= 15 is 0 Å². The highest BCUT2D eigenvalue weighted by molar-refractivity contribution is 6.89. The van der Waals surface area contributed by atoms with Gasteiger partial charge in [-0.1, -0.05) is 33.4 Å². The summed E-state index contributed by atoms with van der Waals surface area (Å²) in [5.74, 6) is 0. The van der Waals surface area contributed by atoms with Gasteiger partial charge in [-0.2, -0.15) is 0 Å². The third-order valence-corrected chi connectivity index (χ3v) is 1.66. The standard InChI is InChI=1S/C7H15BO/c1-4-6-7(9)8(3)5-2/h4-6H2,1-3H3. The minimum absolute atomic E-state index is 0.282. The molecular weight excluding hydrogens is 111 g/mol. The third kappa shape index (κ3) is 3.33. The van der Waals surface area contributed by atoms with Crippen molar-refractivity contribution in [3.05, 3.63) is 0 Å². The Labute approximate surface area is 57.9 Å². The predicted octanol–water partition coefficient (Wildman–Crippen LogP) is 2.04. The molecule has 0 aliphatic heterocycles. The van der Waals surface area contributed by atoms with Crippen LogP contribution in [0.5, 0.6) is 0 Å². The number of hydrogen-bond donors (Lipinski definition) is 0. The second-order valence-corrected chi connectivity index (χ2v) is 2.53. The molecule has 0 atom stereocenters. The van der Waals surface area contributed by atoms with E-state index < -0.39 is 0 Å². The number of rotatable bonds is 4. The van der Waals surface area contributed by atoms with Gasteiger partial charge in [-0.3, -0.25) is 0 Å². The first kappa shape index (κ1) is 8.73. The quantitative estimate of drug-likeness (QED) is 0.526. The van der Waals surface area contributed by atoms with E-state index in [4.69, 9.17) is 0 Å². The van der Waals surface area contributed by atoms with Crippen molar-refractivity contribution < 1.29 is 4.79 Å². The lowest BCUT2D eigenvalue weighted by Gasteiger charge is -1.99. The molecule has 0 aliphatic rings. The van der Waals surface area contributed by atoms with Crippen molar-refractivity contribution >= 4 is 12.4 Å². The Morgan fingerprint density at radius 2 is 2.00 bits per heavy atom. The lowest BCUT2D eigenvalue weighted by Crippen LogP contribution is -2.19. The van der Waals surface area contributed by atoms with E-state index in [1.54, 1.807) is 0 Å². The van der Waals surface area contributed by atoms with Gasteiger partial charge in [-0.15, -0.1) is 0 Å². The maximum absolute atomic E-state index is 11.0. The summed E-state index contributed by atoms with van der Waals surface area (Å²) in [5.41, 5.74) is 0.417. The molecule has 0 rings (SSSR count). The molecule has 2 heteroatoms. The van der Waals surface area contributed by atoms with Crippen LogP contribution in [0.25, 0.3) is 0 Å². The summed E-state index contributed by atoms with van der Waals surface area (Å²) in [6.07, 6.45) is 2.73. The van der Waals surface area contributed by atoms with Crippen LogP contribution >= 0.6 is 0 Å². The van der Waals surface area contributed by atoms with Gasteiger partial charge in [0.05, 0.1) is 5.68 Å². The predicted molar refractivity (Wildman–Crippen MR) is 42.0 cm³/mol. The molecule has 52 valence electrons. The summed E-state index contributed by atoms with van der Waals surface area (Å²) in [7, 11) is 0. The maximum Gasteiger partial charge on any atom is 0.219 e. The van der Waals surface area contributed by atoms with E-state index in [9.17, 15) is 4.79 Å². The smallest absolute Gasteiger partial charge is 0.219 e. The molecule has 0 aliphatic carbocycles. The van der Waals surface area contributed by atoms with Gasteiger partial charge in [0.2, 0.25) is 6.71 Å². The van der Waals surface area contributed by atoms with Crippen LogP contribution in [-0.4, -0.2) is 12.4 Å². The third-order valence-electron chi connectivity index (χ3n) is 1.66. The molecule has 0 spiro atoms. The molecule has 0 aromatic rings. The number of carbonyl (C=O) groups excluding carboxylic acids is 1. The topological polar surface area (TPSA) is 17.1 Å². The molecule has 9 heavy (non-hydrogen) atoms. The van der Waals surface area contributed by atoms with E-state index in [2.05, 4.69) is 6.92 Å². The average molecular weight is 126 g/mol. The van der Waals surface area contributed by atoms with Gasteiger partial charge in [-0.05, 0) is 6.42 Å². The highest BCUT2D eigenvalue weighted by Gasteiger charge is 2.12. The van der Waals surface area contributed by atoms with Crippen LogP contribution in [0.15, 0.2) is 0 Å². The Morgan fingerprint density at radius 3 is 2.33 bits per heavy atom. The van der Waals surface area contributed by atoms with Gasteiger partial charge in [0.1, 0.15) is 0 Å². The molecule has 0 unspecified atom stereocenters. The first-order valence-electron chi connectivity index (χ1n) is 3.75. The molecule has 0 bridgehead atoms. The van der Waals surface area contributed by atoms with Crippen molar-refractivity contribution in [2.45, 2.75) is 39.8 Å². The normalized spacial score (nSPS) is 9.22. The molecule has 0 saturated heterocycles. The van der Waals surface area contributed by atoms with Crippen molar-refractivity contribution in [3.63, 3.8) is 0 Å². The fraction of sp³-hybridized carbons (Fsp3) is 0.857. The lowest BCUT2D eigenvalue weighted by molar-refractivity contribution is -0.112. The average Bonchev–Trinajstić information content (AvgIpc) is 1.87.